The SMILES string of the molecule is CC(NC(=O)CC1CNC1)c1ccc2c(c1)OCO2. The summed E-state index contributed by atoms with van der Waals surface area (Å²) in [5, 5.41) is 6.19. The topological polar surface area (TPSA) is 59.6 Å². The van der Waals surface area contributed by atoms with E-state index in [1.165, 1.54) is 0 Å². The van der Waals surface area contributed by atoms with Crippen LogP contribution in [0.5, 0.6) is 11.5 Å². The van der Waals surface area contributed by atoms with Crippen molar-refractivity contribution in [3.8, 4) is 11.5 Å². The Hall–Kier alpha value is -1.75. The van der Waals surface area contributed by atoms with Gasteiger partial charge in [0, 0.05) is 6.42 Å². The number of ether oxygens (including phenoxy) is 2. The van der Waals surface area contributed by atoms with Crippen LogP contribution in [0.4, 0.5) is 0 Å². The molecule has 1 fully saturated rings. The Bertz CT molecular complexity index is 486. The molecule has 1 aromatic rings. The van der Waals surface area contributed by atoms with E-state index in [1.807, 2.05) is 25.1 Å². The molecule has 5 nitrogen and oxygen atoms in total. The Morgan fingerprint density at radius 2 is 2.21 bits per heavy atom. The second-order valence-corrected chi connectivity index (χ2v) is 5.13. The summed E-state index contributed by atoms with van der Waals surface area (Å²) >= 11 is 0. The van der Waals surface area contributed by atoms with Gasteiger partial charge in [-0.2, -0.15) is 0 Å². The molecule has 102 valence electrons. The fourth-order valence-electron chi connectivity index (χ4n) is 2.32. The summed E-state index contributed by atoms with van der Waals surface area (Å²) in [5.41, 5.74) is 1.03. The Labute approximate surface area is 112 Å². The van der Waals surface area contributed by atoms with Gasteiger partial charge < -0.3 is 20.1 Å². The first-order chi connectivity index (χ1) is 9.22. The van der Waals surface area contributed by atoms with Crippen molar-refractivity contribution >= 4 is 5.91 Å². The van der Waals surface area contributed by atoms with E-state index < -0.39 is 0 Å². The molecule has 1 saturated heterocycles. The third-order valence-electron chi connectivity index (χ3n) is 3.61. The zero-order valence-corrected chi connectivity index (χ0v) is 10.9. The predicted octanol–water partition coefficient (Wildman–Crippen LogP) is 1.20. The van der Waals surface area contributed by atoms with Crippen molar-refractivity contribution in [3.05, 3.63) is 23.8 Å². The molecule has 0 radical (unpaired) electrons. The lowest BCUT2D eigenvalue weighted by atomic mass is 9.98. The fraction of sp³-hybridized carbons (Fsp3) is 0.500. The molecule has 0 bridgehead atoms. The molecule has 5 heteroatoms. The predicted molar refractivity (Wildman–Crippen MR) is 70.1 cm³/mol. The van der Waals surface area contributed by atoms with Gasteiger partial charge in [0.05, 0.1) is 6.04 Å². The molecular weight excluding hydrogens is 244 g/mol. The highest BCUT2D eigenvalue weighted by molar-refractivity contribution is 5.76. The van der Waals surface area contributed by atoms with Crippen molar-refractivity contribution in [2.75, 3.05) is 19.9 Å². The minimum Gasteiger partial charge on any atom is -0.454 e. The molecule has 2 aliphatic rings. The summed E-state index contributed by atoms with van der Waals surface area (Å²) < 4.78 is 10.6. The summed E-state index contributed by atoms with van der Waals surface area (Å²) in [6.07, 6.45) is 0.599. The third-order valence-corrected chi connectivity index (χ3v) is 3.61. The maximum atomic E-state index is 11.9. The number of benzene rings is 1. The molecule has 19 heavy (non-hydrogen) atoms. The second kappa shape index (κ2) is 5.09. The minimum absolute atomic E-state index is 0.0185. The van der Waals surface area contributed by atoms with Crippen LogP contribution in [-0.2, 0) is 4.79 Å². The number of hydrogen-bond acceptors (Lipinski definition) is 4. The number of carbonyl (C=O) groups is 1. The van der Waals surface area contributed by atoms with Crippen LogP contribution in [0.25, 0.3) is 0 Å². The summed E-state index contributed by atoms with van der Waals surface area (Å²) in [7, 11) is 0. The normalized spacial score (nSPS) is 18.8. The van der Waals surface area contributed by atoms with Gasteiger partial charge in [-0.15, -0.1) is 0 Å². The molecule has 0 saturated carbocycles. The van der Waals surface area contributed by atoms with Crippen LogP contribution in [-0.4, -0.2) is 25.8 Å². The van der Waals surface area contributed by atoms with E-state index >= 15 is 0 Å². The van der Waals surface area contributed by atoms with E-state index in [0.717, 1.165) is 30.2 Å². The average Bonchev–Trinajstić information content (AvgIpc) is 2.80. The largest absolute Gasteiger partial charge is 0.454 e. The van der Waals surface area contributed by atoms with Gasteiger partial charge in [0.25, 0.3) is 0 Å². The number of fused-ring (bicyclic) bond motifs is 1. The Morgan fingerprint density at radius 1 is 1.42 bits per heavy atom. The zero-order valence-electron chi connectivity index (χ0n) is 10.9. The number of carbonyl (C=O) groups excluding carboxylic acids is 1. The van der Waals surface area contributed by atoms with Gasteiger partial charge in [-0.05, 0) is 43.6 Å². The first-order valence-corrected chi connectivity index (χ1v) is 6.62. The van der Waals surface area contributed by atoms with Gasteiger partial charge in [0.2, 0.25) is 12.7 Å². The molecule has 2 heterocycles. The number of hydrogen-bond donors (Lipinski definition) is 2. The van der Waals surface area contributed by atoms with Crippen LogP contribution in [0.2, 0.25) is 0 Å². The molecular formula is C14H18N2O3. The van der Waals surface area contributed by atoms with Crippen LogP contribution in [0.1, 0.15) is 24.9 Å². The summed E-state index contributed by atoms with van der Waals surface area (Å²) in [4.78, 5) is 11.9. The minimum atomic E-state index is -0.0185. The molecule has 0 aliphatic carbocycles. The van der Waals surface area contributed by atoms with Gasteiger partial charge in [-0.1, -0.05) is 6.07 Å². The lowest BCUT2D eigenvalue weighted by Crippen LogP contribution is -2.44. The average molecular weight is 262 g/mol. The number of nitrogens with one attached hydrogen (secondary N) is 2. The van der Waals surface area contributed by atoms with Crippen molar-refractivity contribution in [2.24, 2.45) is 5.92 Å². The fourth-order valence-corrected chi connectivity index (χ4v) is 2.32. The number of amides is 1. The lowest BCUT2D eigenvalue weighted by Gasteiger charge is -2.27. The van der Waals surface area contributed by atoms with Crippen molar-refractivity contribution in [1.29, 1.82) is 0 Å². The summed E-state index contributed by atoms with van der Waals surface area (Å²) in [6.45, 7) is 4.15. The molecule has 1 unspecified atom stereocenters. The van der Waals surface area contributed by atoms with E-state index in [9.17, 15) is 4.79 Å². The summed E-state index contributed by atoms with van der Waals surface area (Å²) in [5.74, 6) is 2.12. The molecule has 0 aromatic heterocycles. The second-order valence-electron chi connectivity index (χ2n) is 5.13. The van der Waals surface area contributed by atoms with E-state index in [2.05, 4.69) is 10.6 Å². The highest BCUT2D eigenvalue weighted by Crippen LogP contribution is 2.34. The van der Waals surface area contributed by atoms with Crippen LogP contribution >= 0.6 is 0 Å². The van der Waals surface area contributed by atoms with Crippen LogP contribution < -0.4 is 20.1 Å². The van der Waals surface area contributed by atoms with Crippen molar-refractivity contribution in [1.82, 2.24) is 10.6 Å². The standard InChI is InChI=1S/C14H18N2O3/c1-9(16-14(17)4-10-6-15-7-10)11-2-3-12-13(5-11)19-8-18-12/h2-3,5,9-10,15H,4,6-8H2,1H3,(H,16,17). The van der Waals surface area contributed by atoms with Gasteiger partial charge in [-0.3, -0.25) is 4.79 Å². The van der Waals surface area contributed by atoms with E-state index in [1.54, 1.807) is 0 Å². The highest BCUT2D eigenvalue weighted by Gasteiger charge is 2.22. The molecule has 1 aromatic carbocycles. The molecule has 1 atom stereocenters. The lowest BCUT2D eigenvalue weighted by molar-refractivity contribution is -0.123. The molecule has 1 amide bonds. The molecule has 0 spiro atoms. The quantitative estimate of drug-likeness (QED) is 0.856. The maximum absolute atomic E-state index is 11.9. The molecule has 2 aliphatic heterocycles. The maximum Gasteiger partial charge on any atom is 0.231 e. The Balaban J connectivity index is 1.59. The van der Waals surface area contributed by atoms with Gasteiger partial charge in [0.15, 0.2) is 11.5 Å². The van der Waals surface area contributed by atoms with E-state index in [-0.39, 0.29) is 18.7 Å². The Morgan fingerprint density at radius 3 is 2.95 bits per heavy atom. The first-order valence-electron chi connectivity index (χ1n) is 6.62. The molecule has 2 N–H and O–H groups in total. The molecule has 3 rings (SSSR count). The number of rotatable bonds is 4. The van der Waals surface area contributed by atoms with Crippen LogP contribution in [0.3, 0.4) is 0 Å². The van der Waals surface area contributed by atoms with Crippen LogP contribution in [0, 0.1) is 5.92 Å². The van der Waals surface area contributed by atoms with Crippen molar-refractivity contribution < 1.29 is 14.3 Å². The first kappa shape index (κ1) is 12.3. The van der Waals surface area contributed by atoms with Crippen molar-refractivity contribution in [3.63, 3.8) is 0 Å². The highest BCUT2D eigenvalue weighted by atomic mass is 16.7. The monoisotopic (exact) mass is 262 g/mol. The van der Waals surface area contributed by atoms with E-state index in [4.69, 9.17) is 9.47 Å². The third kappa shape index (κ3) is 2.66. The van der Waals surface area contributed by atoms with Crippen LogP contribution in [0.15, 0.2) is 18.2 Å². The van der Waals surface area contributed by atoms with Gasteiger partial charge >= 0.3 is 0 Å². The van der Waals surface area contributed by atoms with Gasteiger partial charge in [0.1, 0.15) is 0 Å². The smallest absolute Gasteiger partial charge is 0.231 e. The van der Waals surface area contributed by atoms with Crippen molar-refractivity contribution in [2.45, 2.75) is 19.4 Å². The van der Waals surface area contributed by atoms with Gasteiger partial charge in [-0.25, -0.2) is 0 Å². The Kier molecular flexibility index (Phi) is 3.29. The summed E-state index contributed by atoms with van der Waals surface area (Å²) in [6, 6.07) is 5.76. The zero-order chi connectivity index (χ0) is 13.2. The van der Waals surface area contributed by atoms with E-state index in [0.29, 0.717) is 12.3 Å².